The second-order valence-corrected chi connectivity index (χ2v) is 6.20. The Bertz CT molecular complexity index is 997. The lowest BCUT2D eigenvalue weighted by atomic mass is 9.93. The molecule has 0 saturated carbocycles. The number of nitrogens with one attached hydrogen (secondary N) is 3. The molecular formula is C19H14F5N3O2. The summed E-state index contributed by atoms with van der Waals surface area (Å²) in [5, 5.41) is 6.63. The number of amides is 3. The van der Waals surface area contributed by atoms with Gasteiger partial charge in [0, 0.05) is 5.70 Å². The number of alkyl halides is 3. The third-order valence-corrected chi connectivity index (χ3v) is 4.28. The van der Waals surface area contributed by atoms with E-state index in [-0.39, 0.29) is 11.3 Å². The average molecular weight is 411 g/mol. The number of anilines is 1. The van der Waals surface area contributed by atoms with Crippen LogP contribution in [0.15, 0.2) is 53.7 Å². The van der Waals surface area contributed by atoms with Gasteiger partial charge in [0.25, 0.3) is 5.91 Å². The van der Waals surface area contributed by atoms with Crippen LogP contribution < -0.4 is 16.0 Å². The monoisotopic (exact) mass is 411 g/mol. The molecule has 0 radical (unpaired) electrons. The first kappa shape index (κ1) is 20.3. The van der Waals surface area contributed by atoms with Gasteiger partial charge >= 0.3 is 12.2 Å². The molecule has 0 saturated heterocycles. The molecule has 5 nitrogen and oxygen atoms in total. The summed E-state index contributed by atoms with van der Waals surface area (Å²) in [4.78, 5) is 24.6. The van der Waals surface area contributed by atoms with E-state index in [1.54, 1.807) is 0 Å². The molecule has 2 aromatic carbocycles. The van der Waals surface area contributed by atoms with E-state index >= 15 is 0 Å². The topological polar surface area (TPSA) is 70.2 Å². The minimum absolute atomic E-state index is 0.0524. The van der Waals surface area contributed by atoms with Gasteiger partial charge in [-0.2, -0.15) is 13.2 Å². The van der Waals surface area contributed by atoms with Crippen LogP contribution in [0.3, 0.4) is 0 Å². The first-order valence-corrected chi connectivity index (χ1v) is 8.29. The number of hydrogen-bond acceptors (Lipinski definition) is 2. The van der Waals surface area contributed by atoms with Crippen LogP contribution in [-0.4, -0.2) is 11.9 Å². The Labute approximate surface area is 161 Å². The molecular weight excluding hydrogens is 397 g/mol. The molecule has 0 spiro atoms. The summed E-state index contributed by atoms with van der Waals surface area (Å²) in [6.45, 7) is 1.30. The molecule has 1 aliphatic heterocycles. The van der Waals surface area contributed by atoms with Crippen LogP contribution in [0.25, 0.3) is 0 Å². The van der Waals surface area contributed by atoms with E-state index in [1.165, 1.54) is 13.0 Å². The standard InChI is InChI=1S/C19H14F5N3O2/c1-9-14(17(28)26-13-8-3-2-5-10(13)19(22,23)24)16(27-18(29)25-9)15-11(20)6-4-7-12(15)21/h2-8,16H,1H3,(H,26,28)(H2,25,27,29)/t16-/m0/s1. The van der Waals surface area contributed by atoms with Gasteiger partial charge in [0.2, 0.25) is 0 Å². The van der Waals surface area contributed by atoms with Crippen molar-refractivity contribution >= 4 is 17.6 Å². The molecule has 3 amide bonds. The number of halogens is 5. The number of allylic oxidation sites excluding steroid dienone is 1. The van der Waals surface area contributed by atoms with Crippen molar-refractivity contribution < 1.29 is 31.5 Å². The van der Waals surface area contributed by atoms with Crippen molar-refractivity contribution in [3.8, 4) is 0 Å². The Morgan fingerprint density at radius 1 is 1.03 bits per heavy atom. The zero-order valence-electron chi connectivity index (χ0n) is 14.8. The fraction of sp³-hybridized carbons (Fsp3) is 0.158. The summed E-state index contributed by atoms with van der Waals surface area (Å²) in [6.07, 6.45) is -4.73. The lowest BCUT2D eigenvalue weighted by Crippen LogP contribution is -2.46. The van der Waals surface area contributed by atoms with Gasteiger partial charge in [-0.15, -0.1) is 0 Å². The smallest absolute Gasteiger partial charge is 0.326 e. The van der Waals surface area contributed by atoms with Crippen LogP contribution in [0.5, 0.6) is 0 Å². The molecule has 0 aliphatic carbocycles. The van der Waals surface area contributed by atoms with Crippen molar-refractivity contribution in [3.05, 3.63) is 76.5 Å². The van der Waals surface area contributed by atoms with Crippen molar-refractivity contribution in [2.45, 2.75) is 19.1 Å². The van der Waals surface area contributed by atoms with Crippen LogP contribution in [0.2, 0.25) is 0 Å². The molecule has 0 bridgehead atoms. The summed E-state index contributed by atoms with van der Waals surface area (Å²) in [7, 11) is 0. The summed E-state index contributed by atoms with van der Waals surface area (Å²) >= 11 is 0. The zero-order valence-corrected chi connectivity index (χ0v) is 14.8. The van der Waals surface area contributed by atoms with Gasteiger partial charge < -0.3 is 16.0 Å². The first-order valence-electron chi connectivity index (χ1n) is 8.29. The van der Waals surface area contributed by atoms with E-state index < -0.39 is 52.6 Å². The molecule has 2 aromatic rings. The molecule has 0 aromatic heterocycles. The lowest BCUT2D eigenvalue weighted by Gasteiger charge is -2.29. The Hall–Kier alpha value is -3.43. The third-order valence-electron chi connectivity index (χ3n) is 4.28. The Kier molecular flexibility index (Phi) is 5.27. The maximum absolute atomic E-state index is 14.3. The van der Waals surface area contributed by atoms with Crippen molar-refractivity contribution in [2.24, 2.45) is 0 Å². The Morgan fingerprint density at radius 2 is 1.66 bits per heavy atom. The van der Waals surface area contributed by atoms with Crippen LogP contribution in [0.4, 0.5) is 32.4 Å². The molecule has 1 aliphatic rings. The maximum atomic E-state index is 14.3. The highest BCUT2D eigenvalue weighted by Gasteiger charge is 2.37. The van der Waals surface area contributed by atoms with E-state index in [0.717, 1.165) is 36.4 Å². The maximum Gasteiger partial charge on any atom is 0.418 e. The van der Waals surface area contributed by atoms with Crippen molar-refractivity contribution in [3.63, 3.8) is 0 Å². The molecule has 29 heavy (non-hydrogen) atoms. The van der Waals surface area contributed by atoms with E-state index in [1.807, 2.05) is 0 Å². The number of carbonyl (C=O) groups is 2. The van der Waals surface area contributed by atoms with Gasteiger partial charge in [-0.25, -0.2) is 13.6 Å². The SMILES string of the molecule is CC1=C(C(=O)Nc2ccccc2C(F)(F)F)[C@@H](c2c(F)cccc2F)NC(=O)N1. The van der Waals surface area contributed by atoms with Crippen LogP contribution in [0.1, 0.15) is 24.1 Å². The largest absolute Gasteiger partial charge is 0.418 e. The van der Waals surface area contributed by atoms with E-state index in [2.05, 4.69) is 16.0 Å². The number of urea groups is 1. The summed E-state index contributed by atoms with van der Waals surface area (Å²) in [5.74, 6) is -3.10. The van der Waals surface area contributed by atoms with Gasteiger partial charge in [0.05, 0.1) is 28.4 Å². The normalized spacial score (nSPS) is 16.9. The van der Waals surface area contributed by atoms with Crippen LogP contribution >= 0.6 is 0 Å². The minimum Gasteiger partial charge on any atom is -0.326 e. The molecule has 0 unspecified atom stereocenters. The van der Waals surface area contributed by atoms with Gasteiger partial charge in [-0.05, 0) is 31.2 Å². The highest BCUT2D eigenvalue weighted by Crippen LogP contribution is 2.36. The second kappa shape index (κ2) is 7.53. The zero-order chi connectivity index (χ0) is 21.3. The number of carbonyl (C=O) groups excluding carboxylic acids is 2. The van der Waals surface area contributed by atoms with E-state index in [0.29, 0.717) is 0 Å². The molecule has 0 fully saturated rings. The number of hydrogen-bond donors (Lipinski definition) is 3. The van der Waals surface area contributed by atoms with Crippen LogP contribution in [0, 0.1) is 11.6 Å². The van der Waals surface area contributed by atoms with Crippen LogP contribution in [-0.2, 0) is 11.0 Å². The predicted molar refractivity (Wildman–Crippen MR) is 93.5 cm³/mol. The van der Waals surface area contributed by atoms with Gasteiger partial charge in [0.1, 0.15) is 11.6 Å². The minimum atomic E-state index is -4.73. The molecule has 10 heteroatoms. The van der Waals surface area contributed by atoms with Gasteiger partial charge in [-0.3, -0.25) is 4.79 Å². The van der Waals surface area contributed by atoms with Crippen molar-refractivity contribution in [1.82, 2.24) is 10.6 Å². The molecule has 3 rings (SSSR count). The fourth-order valence-electron chi connectivity index (χ4n) is 3.03. The first-order chi connectivity index (χ1) is 13.6. The van der Waals surface area contributed by atoms with Crippen molar-refractivity contribution in [1.29, 1.82) is 0 Å². The molecule has 152 valence electrons. The predicted octanol–water partition coefficient (Wildman–Crippen LogP) is 4.25. The van der Waals surface area contributed by atoms with Crippen molar-refractivity contribution in [2.75, 3.05) is 5.32 Å². The molecule has 3 N–H and O–H groups in total. The Balaban J connectivity index is 2.04. The second-order valence-electron chi connectivity index (χ2n) is 6.20. The average Bonchev–Trinajstić information content (AvgIpc) is 2.60. The summed E-state index contributed by atoms with van der Waals surface area (Å²) in [6, 6.07) is 4.91. The third kappa shape index (κ3) is 4.05. The highest BCUT2D eigenvalue weighted by molar-refractivity contribution is 6.07. The van der Waals surface area contributed by atoms with E-state index in [9.17, 15) is 31.5 Å². The quantitative estimate of drug-likeness (QED) is 0.661. The van der Waals surface area contributed by atoms with Gasteiger partial charge in [-0.1, -0.05) is 18.2 Å². The lowest BCUT2D eigenvalue weighted by molar-refractivity contribution is -0.137. The summed E-state index contributed by atoms with van der Waals surface area (Å²) < 4.78 is 68.1. The van der Waals surface area contributed by atoms with Gasteiger partial charge in [0.15, 0.2) is 0 Å². The number of benzene rings is 2. The molecule has 1 heterocycles. The fourth-order valence-corrected chi connectivity index (χ4v) is 3.03. The number of para-hydroxylation sites is 1. The Morgan fingerprint density at radius 3 is 2.28 bits per heavy atom. The molecule has 1 atom stereocenters. The van der Waals surface area contributed by atoms with E-state index in [4.69, 9.17) is 0 Å². The summed E-state index contributed by atoms with van der Waals surface area (Å²) in [5.41, 5.74) is -2.60. The highest BCUT2D eigenvalue weighted by atomic mass is 19.4. The number of rotatable bonds is 3.